The van der Waals surface area contributed by atoms with Crippen LogP contribution in [0.2, 0.25) is 0 Å². The van der Waals surface area contributed by atoms with Crippen LogP contribution in [0.5, 0.6) is 0 Å². The van der Waals surface area contributed by atoms with Crippen molar-refractivity contribution in [3.05, 3.63) is 0 Å². The van der Waals surface area contributed by atoms with E-state index in [2.05, 4.69) is 15.9 Å². The molecular weight excluding hydrogens is 492 g/mol. The largest absolute Gasteiger partial charge is 0.466 e. The molecule has 11 heteroatoms. The monoisotopic (exact) mass is 532 g/mol. The highest BCUT2D eigenvalue weighted by Crippen LogP contribution is 1.89. The minimum Gasteiger partial charge on any atom is -0.466 e. The number of hydrogen-bond acceptors (Lipinski definition) is 10. The van der Waals surface area contributed by atoms with Crippen LogP contribution in [0.1, 0.15) is 13.3 Å². The second-order valence-corrected chi connectivity index (χ2v) is 6.94. The fourth-order valence-electron chi connectivity index (χ4n) is 2.08. The van der Waals surface area contributed by atoms with Gasteiger partial charge in [-0.2, -0.15) is 0 Å². The molecule has 0 aliphatic carbocycles. The van der Waals surface area contributed by atoms with Crippen LogP contribution in [0.15, 0.2) is 0 Å². The summed E-state index contributed by atoms with van der Waals surface area (Å²) in [6.45, 7) is 10.5. The molecule has 0 spiro atoms. The molecule has 0 bridgehead atoms. The number of hydrogen-bond donors (Lipinski definition) is 0. The van der Waals surface area contributed by atoms with Gasteiger partial charge >= 0.3 is 5.97 Å². The zero-order valence-electron chi connectivity index (χ0n) is 19.4. The van der Waals surface area contributed by atoms with Crippen molar-refractivity contribution >= 4 is 21.9 Å². The molecule has 0 N–H and O–H groups in total. The lowest BCUT2D eigenvalue weighted by Gasteiger charge is -2.08. The predicted molar refractivity (Wildman–Crippen MR) is 122 cm³/mol. The maximum atomic E-state index is 11.1. The van der Waals surface area contributed by atoms with Crippen molar-refractivity contribution in [2.45, 2.75) is 13.3 Å². The molecule has 0 aromatic heterocycles. The van der Waals surface area contributed by atoms with Crippen molar-refractivity contribution in [1.82, 2.24) is 0 Å². The van der Waals surface area contributed by atoms with Crippen LogP contribution in [0.3, 0.4) is 0 Å². The van der Waals surface area contributed by atoms with Crippen LogP contribution in [0.25, 0.3) is 0 Å². The van der Waals surface area contributed by atoms with Gasteiger partial charge in [0.25, 0.3) is 0 Å². The zero-order valence-corrected chi connectivity index (χ0v) is 21.0. The Bertz CT molecular complexity index is 376. The summed E-state index contributed by atoms with van der Waals surface area (Å²) in [5.41, 5.74) is 0. The normalized spacial score (nSPS) is 11.2. The maximum absolute atomic E-state index is 11.1. The zero-order chi connectivity index (χ0) is 23.4. The van der Waals surface area contributed by atoms with E-state index in [1.807, 2.05) is 0 Å². The minimum absolute atomic E-state index is 0.246. The molecule has 192 valence electrons. The van der Waals surface area contributed by atoms with Gasteiger partial charge in [0.15, 0.2) is 0 Å². The Kier molecular flexibility index (Phi) is 28.3. The Labute approximate surface area is 200 Å². The lowest BCUT2D eigenvalue weighted by molar-refractivity contribution is -0.144. The standard InChI is InChI=1S/C21H41BrO10/c1-2-32-21(23)3-5-24-7-9-26-11-13-28-15-17-30-19-20-31-18-16-29-14-12-27-10-8-25-6-4-22/h2-20H2,1H3. The molecule has 10 nitrogen and oxygen atoms in total. The highest BCUT2D eigenvalue weighted by atomic mass is 79.9. The topological polar surface area (TPSA) is 100 Å². The predicted octanol–water partition coefficient (Wildman–Crippen LogP) is 1.47. The van der Waals surface area contributed by atoms with Crippen molar-refractivity contribution in [3.63, 3.8) is 0 Å². The summed E-state index contributed by atoms with van der Waals surface area (Å²) in [5.74, 6) is -0.246. The molecule has 0 aromatic carbocycles. The molecule has 0 fully saturated rings. The van der Waals surface area contributed by atoms with Crippen molar-refractivity contribution in [2.75, 3.05) is 118 Å². The second-order valence-electron chi connectivity index (χ2n) is 6.14. The summed E-state index contributed by atoms with van der Waals surface area (Å²) in [7, 11) is 0. The van der Waals surface area contributed by atoms with Crippen LogP contribution < -0.4 is 0 Å². The van der Waals surface area contributed by atoms with Gasteiger partial charge in [0.1, 0.15) is 0 Å². The van der Waals surface area contributed by atoms with E-state index < -0.39 is 0 Å². The quantitative estimate of drug-likeness (QED) is 0.0877. The molecule has 0 aliphatic heterocycles. The lowest BCUT2D eigenvalue weighted by atomic mass is 10.5. The molecule has 0 amide bonds. The summed E-state index contributed by atoms with van der Waals surface area (Å²) >= 11 is 3.29. The van der Waals surface area contributed by atoms with E-state index in [1.165, 1.54) is 0 Å². The van der Waals surface area contributed by atoms with Crippen molar-refractivity contribution in [1.29, 1.82) is 0 Å². The van der Waals surface area contributed by atoms with Crippen LogP contribution in [-0.4, -0.2) is 124 Å². The van der Waals surface area contributed by atoms with Crippen LogP contribution in [0, 0.1) is 0 Å². The lowest BCUT2D eigenvalue weighted by Crippen LogP contribution is -2.15. The summed E-state index contributed by atoms with van der Waals surface area (Å²) in [6, 6.07) is 0. The van der Waals surface area contributed by atoms with Gasteiger partial charge in [0.2, 0.25) is 0 Å². The van der Waals surface area contributed by atoms with E-state index in [-0.39, 0.29) is 12.4 Å². The summed E-state index contributed by atoms with van der Waals surface area (Å²) in [4.78, 5) is 11.1. The van der Waals surface area contributed by atoms with Gasteiger partial charge in [-0.05, 0) is 6.92 Å². The number of rotatable bonds is 27. The van der Waals surface area contributed by atoms with Crippen molar-refractivity contribution in [2.24, 2.45) is 0 Å². The summed E-state index contributed by atoms with van der Waals surface area (Å²) < 4.78 is 47.7. The van der Waals surface area contributed by atoms with Crippen molar-refractivity contribution < 1.29 is 47.4 Å². The smallest absolute Gasteiger partial charge is 0.308 e. The van der Waals surface area contributed by atoms with Gasteiger partial charge in [-0.1, -0.05) is 15.9 Å². The average molecular weight is 533 g/mol. The Morgan fingerprint density at radius 2 is 0.781 bits per heavy atom. The summed E-state index contributed by atoms with van der Waals surface area (Å²) in [5, 5.41) is 0.838. The van der Waals surface area contributed by atoms with Gasteiger partial charge in [-0.25, -0.2) is 0 Å². The van der Waals surface area contributed by atoms with Gasteiger partial charge in [-0.15, -0.1) is 0 Å². The number of halogens is 1. The van der Waals surface area contributed by atoms with Crippen molar-refractivity contribution in [3.8, 4) is 0 Å². The second kappa shape index (κ2) is 28.7. The molecule has 0 atom stereocenters. The Balaban J connectivity index is 3.03. The highest BCUT2D eigenvalue weighted by molar-refractivity contribution is 9.09. The molecule has 0 radical (unpaired) electrons. The van der Waals surface area contributed by atoms with Gasteiger partial charge in [-0.3, -0.25) is 4.79 Å². The van der Waals surface area contributed by atoms with Crippen LogP contribution >= 0.6 is 15.9 Å². The van der Waals surface area contributed by atoms with Gasteiger partial charge in [0, 0.05) is 5.33 Å². The van der Waals surface area contributed by atoms with Gasteiger partial charge in [0.05, 0.1) is 119 Å². The molecule has 0 saturated heterocycles. The molecular formula is C21H41BrO10. The SMILES string of the molecule is CCOC(=O)CCOCCOCCOCCOCCOCCOCCOCCOCCBr. The van der Waals surface area contributed by atoms with Crippen LogP contribution in [0.4, 0.5) is 0 Å². The number of esters is 1. The first-order valence-corrected chi connectivity index (χ1v) is 12.3. The Morgan fingerprint density at radius 1 is 0.500 bits per heavy atom. The van der Waals surface area contributed by atoms with Gasteiger partial charge < -0.3 is 42.6 Å². The van der Waals surface area contributed by atoms with E-state index in [9.17, 15) is 4.79 Å². The maximum Gasteiger partial charge on any atom is 0.308 e. The minimum atomic E-state index is -0.246. The van der Waals surface area contributed by atoms with E-state index in [0.29, 0.717) is 112 Å². The third kappa shape index (κ3) is 27.7. The van der Waals surface area contributed by atoms with E-state index in [1.54, 1.807) is 6.92 Å². The first-order chi connectivity index (χ1) is 15.8. The first kappa shape index (κ1) is 31.6. The summed E-state index contributed by atoms with van der Waals surface area (Å²) in [6.07, 6.45) is 0.264. The third-order valence-corrected chi connectivity index (χ3v) is 3.91. The number of alkyl halides is 1. The third-order valence-electron chi connectivity index (χ3n) is 3.58. The molecule has 0 heterocycles. The molecule has 0 aliphatic rings. The van der Waals surface area contributed by atoms with E-state index in [0.717, 1.165) is 5.33 Å². The van der Waals surface area contributed by atoms with E-state index in [4.69, 9.17) is 42.6 Å². The molecule has 0 saturated carbocycles. The fraction of sp³-hybridized carbons (Fsp3) is 0.952. The highest BCUT2D eigenvalue weighted by Gasteiger charge is 2.00. The first-order valence-electron chi connectivity index (χ1n) is 11.1. The Hall–Kier alpha value is -0.370. The number of carbonyl (C=O) groups excluding carboxylic acids is 1. The molecule has 0 rings (SSSR count). The molecule has 0 aromatic rings. The fourth-order valence-corrected chi connectivity index (χ4v) is 2.31. The van der Waals surface area contributed by atoms with E-state index >= 15 is 0 Å². The average Bonchev–Trinajstić information content (AvgIpc) is 2.79. The molecule has 0 unspecified atom stereocenters. The molecule has 32 heavy (non-hydrogen) atoms. The number of carbonyl (C=O) groups is 1. The van der Waals surface area contributed by atoms with Crippen LogP contribution in [-0.2, 0) is 47.4 Å². The number of ether oxygens (including phenoxy) is 9. The Morgan fingerprint density at radius 3 is 1.06 bits per heavy atom.